The van der Waals surface area contributed by atoms with Crippen LogP contribution < -0.4 is 24.8 Å². The van der Waals surface area contributed by atoms with Crippen molar-refractivity contribution >= 4 is 17.3 Å². The number of carbonyl (C=O) groups is 1. The summed E-state index contributed by atoms with van der Waals surface area (Å²) in [5.41, 5.74) is 2.84. The summed E-state index contributed by atoms with van der Waals surface area (Å²) in [5, 5.41) is 6.12. The van der Waals surface area contributed by atoms with E-state index in [2.05, 4.69) is 15.6 Å². The van der Waals surface area contributed by atoms with Crippen LogP contribution in [0.4, 0.5) is 11.4 Å². The lowest BCUT2D eigenvalue weighted by Crippen LogP contribution is -2.14. The summed E-state index contributed by atoms with van der Waals surface area (Å²) in [6, 6.07) is 16.6. The third-order valence-corrected chi connectivity index (χ3v) is 4.28. The van der Waals surface area contributed by atoms with Crippen LogP contribution in [0.15, 0.2) is 60.8 Å². The van der Waals surface area contributed by atoms with Crippen molar-refractivity contribution in [3.05, 3.63) is 72.1 Å². The molecule has 3 aromatic rings. The molecule has 0 saturated heterocycles. The molecular weight excluding hydrogens is 358 g/mol. The van der Waals surface area contributed by atoms with E-state index in [4.69, 9.17) is 14.2 Å². The molecule has 1 aromatic heterocycles. The molecule has 2 N–H and O–H groups in total. The summed E-state index contributed by atoms with van der Waals surface area (Å²) in [6.45, 7) is 0.813. The van der Waals surface area contributed by atoms with Gasteiger partial charge in [-0.25, -0.2) is 0 Å². The lowest BCUT2D eigenvalue weighted by Gasteiger charge is -2.09. The molecule has 0 fully saturated rings. The number of nitrogens with zero attached hydrogens (tertiary/aromatic N) is 1. The highest BCUT2D eigenvalue weighted by atomic mass is 16.7. The van der Waals surface area contributed by atoms with E-state index in [0.717, 1.165) is 17.0 Å². The molecule has 0 spiro atoms. The summed E-state index contributed by atoms with van der Waals surface area (Å²) in [7, 11) is 1.64. The summed E-state index contributed by atoms with van der Waals surface area (Å²) in [4.78, 5) is 16.7. The third-order valence-electron chi connectivity index (χ3n) is 4.28. The van der Waals surface area contributed by atoms with Crippen molar-refractivity contribution in [3.8, 4) is 17.2 Å². The number of methoxy groups -OCH3 is 1. The molecule has 142 valence electrons. The number of hydrogen-bond donors (Lipinski definition) is 2. The average molecular weight is 377 g/mol. The second-order valence-corrected chi connectivity index (χ2v) is 6.15. The Balaban J connectivity index is 1.40. The van der Waals surface area contributed by atoms with E-state index < -0.39 is 0 Å². The predicted octanol–water partition coefficient (Wildman–Crippen LogP) is 3.68. The van der Waals surface area contributed by atoms with Gasteiger partial charge in [0.15, 0.2) is 11.5 Å². The Morgan fingerprint density at radius 2 is 1.86 bits per heavy atom. The molecule has 0 atom stereocenters. The summed E-state index contributed by atoms with van der Waals surface area (Å²) in [6.07, 6.45) is 1.60. The summed E-state index contributed by atoms with van der Waals surface area (Å²) < 4.78 is 15.8. The first-order valence-electron chi connectivity index (χ1n) is 8.75. The maximum absolute atomic E-state index is 12.5. The zero-order valence-corrected chi connectivity index (χ0v) is 15.3. The number of rotatable bonds is 6. The minimum absolute atomic E-state index is 0.191. The van der Waals surface area contributed by atoms with Gasteiger partial charge in [0, 0.05) is 30.2 Å². The zero-order chi connectivity index (χ0) is 19.3. The number of amides is 1. The largest absolute Gasteiger partial charge is 0.497 e. The number of anilines is 2. The Bertz CT molecular complexity index is 989. The first-order valence-corrected chi connectivity index (χ1v) is 8.75. The molecule has 0 unspecified atom stereocenters. The van der Waals surface area contributed by atoms with Gasteiger partial charge in [-0.15, -0.1) is 0 Å². The molecule has 0 radical (unpaired) electrons. The fourth-order valence-electron chi connectivity index (χ4n) is 2.78. The highest BCUT2D eigenvalue weighted by molar-refractivity contribution is 6.03. The van der Waals surface area contributed by atoms with E-state index in [-0.39, 0.29) is 12.7 Å². The average Bonchev–Trinajstić information content (AvgIpc) is 3.21. The number of aromatic nitrogens is 1. The van der Waals surface area contributed by atoms with Crippen molar-refractivity contribution in [2.45, 2.75) is 6.54 Å². The van der Waals surface area contributed by atoms with Crippen LogP contribution in [-0.4, -0.2) is 24.8 Å². The molecule has 0 aliphatic carbocycles. The highest BCUT2D eigenvalue weighted by Crippen LogP contribution is 2.34. The van der Waals surface area contributed by atoms with Crippen LogP contribution in [-0.2, 0) is 6.54 Å². The lowest BCUT2D eigenvalue weighted by molar-refractivity contribution is 0.102. The van der Waals surface area contributed by atoms with Gasteiger partial charge in [0.25, 0.3) is 5.91 Å². The van der Waals surface area contributed by atoms with E-state index in [9.17, 15) is 4.79 Å². The first kappa shape index (κ1) is 17.7. The smallest absolute Gasteiger partial charge is 0.274 e. The molecule has 1 aliphatic heterocycles. The van der Waals surface area contributed by atoms with E-state index in [0.29, 0.717) is 29.4 Å². The van der Waals surface area contributed by atoms with Crippen molar-refractivity contribution in [3.63, 3.8) is 0 Å². The van der Waals surface area contributed by atoms with Gasteiger partial charge in [-0.2, -0.15) is 0 Å². The normalized spacial score (nSPS) is 11.8. The Morgan fingerprint density at radius 1 is 1.04 bits per heavy atom. The molecule has 0 bridgehead atoms. The Hall–Kier alpha value is -3.74. The molecule has 7 heteroatoms. The molecule has 4 rings (SSSR count). The number of fused-ring (bicyclic) bond motifs is 1. The number of hydrogen-bond acceptors (Lipinski definition) is 6. The molecule has 2 heterocycles. The molecule has 28 heavy (non-hydrogen) atoms. The minimum atomic E-state index is -0.299. The third kappa shape index (κ3) is 3.98. The van der Waals surface area contributed by atoms with Gasteiger partial charge in [-0.05, 0) is 42.0 Å². The molecule has 7 nitrogen and oxygen atoms in total. The van der Waals surface area contributed by atoms with Crippen LogP contribution in [0.1, 0.15) is 16.1 Å². The molecule has 0 saturated carbocycles. The standard InChI is InChI=1S/C21H19N3O4/c1-26-17-5-2-14(3-6-17)12-23-15-8-9-22-18(10-15)21(25)24-16-4-7-19-20(11-16)28-13-27-19/h2-11H,12-13H2,1H3,(H,22,23)(H,24,25). The Kier molecular flexibility index (Phi) is 4.97. The molecule has 1 aliphatic rings. The zero-order valence-electron chi connectivity index (χ0n) is 15.3. The quantitative estimate of drug-likeness (QED) is 0.682. The van der Waals surface area contributed by atoms with Gasteiger partial charge in [0.1, 0.15) is 11.4 Å². The minimum Gasteiger partial charge on any atom is -0.497 e. The molecular formula is C21H19N3O4. The van der Waals surface area contributed by atoms with Crippen molar-refractivity contribution in [1.29, 1.82) is 0 Å². The number of ether oxygens (including phenoxy) is 3. The van der Waals surface area contributed by atoms with E-state index in [1.165, 1.54) is 0 Å². The fourth-order valence-corrected chi connectivity index (χ4v) is 2.78. The first-order chi connectivity index (χ1) is 13.7. The van der Waals surface area contributed by atoms with Gasteiger partial charge in [0.2, 0.25) is 6.79 Å². The van der Waals surface area contributed by atoms with Gasteiger partial charge in [0.05, 0.1) is 7.11 Å². The van der Waals surface area contributed by atoms with Gasteiger partial charge < -0.3 is 24.8 Å². The van der Waals surface area contributed by atoms with E-state index >= 15 is 0 Å². The van der Waals surface area contributed by atoms with Crippen LogP contribution in [0.25, 0.3) is 0 Å². The maximum Gasteiger partial charge on any atom is 0.274 e. The highest BCUT2D eigenvalue weighted by Gasteiger charge is 2.15. The fraction of sp³-hybridized carbons (Fsp3) is 0.143. The predicted molar refractivity (Wildman–Crippen MR) is 105 cm³/mol. The van der Waals surface area contributed by atoms with Crippen molar-refractivity contribution in [2.75, 3.05) is 24.5 Å². The topological polar surface area (TPSA) is 81.7 Å². The number of nitrogens with one attached hydrogen (secondary N) is 2. The maximum atomic E-state index is 12.5. The lowest BCUT2D eigenvalue weighted by atomic mass is 10.2. The number of pyridine rings is 1. The van der Waals surface area contributed by atoms with E-state index in [1.807, 2.05) is 30.3 Å². The second-order valence-electron chi connectivity index (χ2n) is 6.15. The van der Waals surface area contributed by atoms with Gasteiger partial charge in [-0.1, -0.05) is 12.1 Å². The van der Waals surface area contributed by atoms with Crippen molar-refractivity contribution < 1.29 is 19.0 Å². The van der Waals surface area contributed by atoms with E-state index in [1.54, 1.807) is 37.6 Å². The number of carbonyl (C=O) groups excluding carboxylic acids is 1. The van der Waals surface area contributed by atoms with Crippen LogP contribution >= 0.6 is 0 Å². The summed E-state index contributed by atoms with van der Waals surface area (Å²) >= 11 is 0. The van der Waals surface area contributed by atoms with Crippen LogP contribution in [0.5, 0.6) is 17.2 Å². The van der Waals surface area contributed by atoms with Crippen LogP contribution in [0, 0.1) is 0 Å². The summed E-state index contributed by atoms with van der Waals surface area (Å²) in [5.74, 6) is 1.80. The van der Waals surface area contributed by atoms with Crippen molar-refractivity contribution in [2.24, 2.45) is 0 Å². The van der Waals surface area contributed by atoms with Crippen molar-refractivity contribution in [1.82, 2.24) is 4.98 Å². The van der Waals surface area contributed by atoms with Gasteiger partial charge in [-0.3, -0.25) is 9.78 Å². The van der Waals surface area contributed by atoms with Crippen LogP contribution in [0.2, 0.25) is 0 Å². The SMILES string of the molecule is COc1ccc(CNc2ccnc(C(=O)Nc3ccc4c(c3)OCO4)c2)cc1. The molecule has 1 amide bonds. The Labute approximate surface area is 162 Å². The Morgan fingerprint density at radius 3 is 2.68 bits per heavy atom. The second kappa shape index (κ2) is 7.87. The van der Waals surface area contributed by atoms with Gasteiger partial charge >= 0.3 is 0 Å². The van der Waals surface area contributed by atoms with Crippen LogP contribution in [0.3, 0.4) is 0 Å². The monoisotopic (exact) mass is 377 g/mol. The number of benzene rings is 2. The molecule has 2 aromatic carbocycles.